The summed E-state index contributed by atoms with van der Waals surface area (Å²) in [6, 6.07) is 6.28. The van der Waals surface area contributed by atoms with Crippen molar-refractivity contribution in [1.29, 1.82) is 0 Å². The van der Waals surface area contributed by atoms with Crippen LogP contribution in [0.5, 0.6) is 0 Å². The number of amides is 1. The fourth-order valence-corrected chi connectivity index (χ4v) is 7.47. The van der Waals surface area contributed by atoms with Crippen LogP contribution in [0.2, 0.25) is 5.02 Å². The number of nitrogens with one attached hydrogen (secondary N) is 1. The Morgan fingerprint density at radius 2 is 1.75 bits per heavy atom. The van der Waals surface area contributed by atoms with Gasteiger partial charge in [0.1, 0.15) is 0 Å². The number of aliphatic hydroxyl groups is 1. The summed E-state index contributed by atoms with van der Waals surface area (Å²) in [6.07, 6.45) is 3.73. The van der Waals surface area contributed by atoms with E-state index in [1.54, 1.807) is 23.9 Å². The van der Waals surface area contributed by atoms with Crippen LogP contribution in [-0.2, 0) is 4.74 Å². The van der Waals surface area contributed by atoms with Crippen molar-refractivity contribution in [3.63, 3.8) is 0 Å². The lowest BCUT2D eigenvalue weighted by Crippen LogP contribution is -2.55. The highest BCUT2D eigenvalue weighted by Crippen LogP contribution is 2.54. The summed E-state index contributed by atoms with van der Waals surface area (Å²) in [5, 5.41) is 14.8. The summed E-state index contributed by atoms with van der Waals surface area (Å²) in [7, 11) is 0. The first-order valence-corrected chi connectivity index (χ1v) is 13.4. The molecule has 1 saturated heterocycles. The Kier molecular flexibility index (Phi) is 7.56. The van der Waals surface area contributed by atoms with Crippen molar-refractivity contribution < 1.29 is 27.8 Å². The zero-order valence-corrected chi connectivity index (χ0v) is 21.2. The van der Waals surface area contributed by atoms with Crippen LogP contribution < -0.4 is 5.32 Å². The Labute approximate surface area is 217 Å². The van der Waals surface area contributed by atoms with Crippen LogP contribution in [0, 0.1) is 29.3 Å². The van der Waals surface area contributed by atoms with Crippen molar-refractivity contribution >= 4 is 35.0 Å². The summed E-state index contributed by atoms with van der Waals surface area (Å²) in [5.74, 6) is -4.49. The maximum Gasteiger partial charge on any atom is 0.255 e. The van der Waals surface area contributed by atoms with E-state index in [0.29, 0.717) is 24.8 Å². The normalized spacial score (nSPS) is 28.3. The predicted octanol–water partition coefficient (Wildman–Crippen LogP) is 5.35. The van der Waals surface area contributed by atoms with Gasteiger partial charge in [0.2, 0.25) is 0 Å². The van der Waals surface area contributed by atoms with E-state index in [2.05, 4.69) is 10.2 Å². The van der Waals surface area contributed by atoms with E-state index in [9.17, 15) is 23.1 Å². The number of hydrogen-bond donors (Lipinski definition) is 2. The van der Waals surface area contributed by atoms with Gasteiger partial charge in [-0.2, -0.15) is 0 Å². The van der Waals surface area contributed by atoms with E-state index in [0.717, 1.165) is 55.8 Å². The smallest absolute Gasteiger partial charge is 0.255 e. The topological polar surface area (TPSA) is 61.8 Å². The number of anilines is 1. The van der Waals surface area contributed by atoms with E-state index in [1.165, 1.54) is 6.07 Å². The largest absolute Gasteiger partial charge is 0.388 e. The highest BCUT2D eigenvalue weighted by molar-refractivity contribution is 8.00. The van der Waals surface area contributed by atoms with Crippen molar-refractivity contribution in [3.05, 3.63) is 58.4 Å². The summed E-state index contributed by atoms with van der Waals surface area (Å²) in [5.41, 5.74) is -0.585. The number of morpholine rings is 1. The highest BCUT2D eigenvalue weighted by Gasteiger charge is 2.53. The molecule has 1 aliphatic heterocycles. The molecule has 2 N–H and O–H groups in total. The van der Waals surface area contributed by atoms with Crippen LogP contribution in [0.25, 0.3) is 0 Å². The fraction of sp³-hybridized carbons (Fsp3) is 0.500. The van der Waals surface area contributed by atoms with Crippen molar-refractivity contribution in [2.75, 3.05) is 38.2 Å². The summed E-state index contributed by atoms with van der Waals surface area (Å²) < 4.78 is 45.7. The minimum absolute atomic E-state index is 0.177. The van der Waals surface area contributed by atoms with Crippen LogP contribution in [-0.4, -0.2) is 59.6 Å². The molecule has 2 aliphatic carbocycles. The summed E-state index contributed by atoms with van der Waals surface area (Å²) in [6.45, 7) is 3.79. The van der Waals surface area contributed by atoms with Crippen molar-refractivity contribution in [3.8, 4) is 0 Å². The van der Waals surface area contributed by atoms with Gasteiger partial charge in [-0.15, -0.1) is 11.8 Å². The summed E-state index contributed by atoms with van der Waals surface area (Å²) >= 11 is 8.06. The third kappa shape index (κ3) is 5.27. The van der Waals surface area contributed by atoms with E-state index in [4.69, 9.17) is 16.3 Å². The standard InChI is InChI=1S/C26H28ClF3N2O3S/c27-20-4-1-15(25(33)31-18-12-21(28)24(30)22(29)13-18)9-23(20)36-19-10-16-2-3-17(11-19)26(16,34)14-32-5-7-35-8-6-32/h1,4,9,12-13,16-17,19,34H,2-3,5-8,10-11,14H2,(H,31,33)/t16-,17?,19?,26?/m0/s1. The number of halogens is 4. The SMILES string of the molecule is O=C(Nc1cc(F)c(F)c(F)c1)c1ccc(Cl)c(SC2CC3CC[C@@H](C2)C3(O)CN2CCOCC2)c1. The number of fused-ring (bicyclic) bond motifs is 2. The average molecular weight is 541 g/mol. The Morgan fingerprint density at radius 3 is 2.39 bits per heavy atom. The molecule has 0 radical (unpaired) electrons. The molecular weight excluding hydrogens is 513 g/mol. The molecule has 2 saturated carbocycles. The number of rotatable bonds is 6. The molecule has 10 heteroatoms. The zero-order chi connectivity index (χ0) is 25.4. The molecule has 3 aliphatic rings. The van der Waals surface area contributed by atoms with Crippen LogP contribution in [0.15, 0.2) is 35.2 Å². The molecule has 0 aromatic heterocycles. The zero-order valence-electron chi connectivity index (χ0n) is 19.6. The van der Waals surface area contributed by atoms with E-state index < -0.39 is 29.0 Å². The number of carbonyl (C=O) groups is 1. The maximum atomic E-state index is 13.5. The minimum Gasteiger partial charge on any atom is -0.388 e. The van der Waals surface area contributed by atoms with Gasteiger partial charge in [0.25, 0.3) is 5.91 Å². The molecule has 1 amide bonds. The molecule has 2 bridgehead atoms. The van der Waals surface area contributed by atoms with Gasteiger partial charge >= 0.3 is 0 Å². The van der Waals surface area contributed by atoms with Crippen molar-refractivity contribution in [2.45, 2.75) is 41.4 Å². The molecule has 5 rings (SSSR count). The molecule has 1 heterocycles. The molecule has 0 spiro atoms. The monoisotopic (exact) mass is 540 g/mol. The molecule has 4 atom stereocenters. The number of thioether (sulfide) groups is 1. The first-order chi connectivity index (χ1) is 17.2. The van der Waals surface area contributed by atoms with E-state index >= 15 is 0 Å². The van der Waals surface area contributed by atoms with Gasteiger partial charge in [-0.25, -0.2) is 13.2 Å². The first-order valence-electron chi connectivity index (χ1n) is 12.2. The molecule has 2 aromatic carbocycles. The molecule has 2 aromatic rings. The van der Waals surface area contributed by atoms with E-state index in [1.807, 2.05) is 0 Å². The van der Waals surface area contributed by atoms with Crippen LogP contribution in [0.4, 0.5) is 18.9 Å². The van der Waals surface area contributed by atoms with Gasteiger partial charge in [0, 0.05) is 53.2 Å². The van der Waals surface area contributed by atoms with Crippen LogP contribution in [0.1, 0.15) is 36.0 Å². The number of ether oxygens (including phenoxy) is 1. The Balaban J connectivity index is 1.25. The second kappa shape index (κ2) is 10.5. The molecular formula is C26H28ClF3N2O3S. The Morgan fingerprint density at radius 1 is 1.11 bits per heavy atom. The third-order valence-corrected chi connectivity index (χ3v) is 9.43. The van der Waals surface area contributed by atoms with Crippen molar-refractivity contribution in [1.82, 2.24) is 4.90 Å². The molecule has 3 unspecified atom stereocenters. The number of hydrogen-bond acceptors (Lipinski definition) is 5. The lowest BCUT2D eigenvalue weighted by Gasteiger charge is -2.45. The Bertz CT molecular complexity index is 1110. The molecule has 36 heavy (non-hydrogen) atoms. The number of nitrogens with zero attached hydrogens (tertiary/aromatic N) is 1. The van der Waals surface area contributed by atoms with Gasteiger partial charge in [0.05, 0.1) is 23.8 Å². The lowest BCUT2D eigenvalue weighted by atomic mass is 9.74. The first kappa shape index (κ1) is 25.9. The van der Waals surface area contributed by atoms with Gasteiger partial charge in [0.15, 0.2) is 17.5 Å². The molecule has 3 fully saturated rings. The van der Waals surface area contributed by atoms with Gasteiger partial charge in [-0.05, 0) is 55.7 Å². The van der Waals surface area contributed by atoms with Gasteiger partial charge in [-0.3, -0.25) is 9.69 Å². The van der Waals surface area contributed by atoms with Gasteiger partial charge < -0.3 is 15.2 Å². The summed E-state index contributed by atoms with van der Waals surface area (Å²) in [4.78, 5) is 15.8. The fourth-order valence-electron chi connectivity index (χ4n) is 5.83. The number of β-amino-alcohol motifs (C(OH)–C–C–N with tert-alkyl or cyclic N) is 1. The quantitative estimate of drug-likeness (QED) is 0.483. The number of benzene rings is 2. The lowest BCUT2D eigenvalue weighted by molar-refractivity contribution is -0.0932. The highest BCUT2D eigenvalue weighted by atomic mass is 35.5. The second-order valence-corrected chi connectivity index (χ2v) is 11.7. The average Bonchev–Trinajstić information content (AvgIpc) is 3.00. The van der Waals surface area contributed by atoms with Crippen LogP contribution >= 0.6 is 23.4 Å². The van der Waals surface area contributed by atoms with Crippen LogP contribution in [0.3, 0.4) is 0 Å². The third-order valence-electron chi connectivity index (χ3n) is 7.68. The molecule has 194 valence electrons. The van der Waals surface area contributed by atoms with Crippen molar-refractivity contribution in [2.24, 2.45) is 11.8 Å². The second-order valence-electron chi connectivity index (χ2n) is 9.92. The minimum atomic E-state index is -1.59. The molecule has 5 nitrogen and oxygen atoms in total. The predicted molar refractivity (Wildman–Crippen MR) is 133 cm³/mol. The number of carbonyl (C=O) groups excluding carboxylic acids is 1. The maximum absolute atomic E-state index is 13.5. The Hall–Kier alpha value is -1.78. The van der Waals surface area contributed by atoms with E-state index in [-0.39, 0.29) is 28.3 Å². The van der Waals surface area contributed by atoms with Gasteiger partial charge in [-0.1, -0.05) is 11.6 Å².